The summed E-state index contributed by atoms with van der Waals surface area (Å²) in [5.41, 5.74) is 0.615. The first-order chi connectivity index (χ1) is 10.5. The summed E-state index contributed by atoms with van der Waals surface area (Å²) >= 11 is 13.5. The molecule has 118 valence electrons. The SMILES string of the molecule is CCCC(=O)N=c1sc2cc(Cl)cc(Cl)c2n1CC(=O)OC. The van der Waals surface area contributed by atoms with Crippen LogP contribution in [0.1, 0.15) is 19.8 Å². The number of carbonyl (C=O) groups is 2. The Morgan fingerprint density at radius 1 is 1.36 bits per heavy atom. The molecular weight excluding hydrogens is 347 g/mol. The third kappa shape index (κ3) is 3.69. The van der Waals surface area contributed by atoms with Crippen molar-refractivity contribution in [3.63, 3.8) is 0 Å². The lowest BCUT2D eigenvalue weighted by Crippen LogP contribution is -2.22. The fourth-order valence-corrected chi connectivity index (χ4v) is 3.76. The van der Waals surface area contributed by atoms with Crippen molar-refractivity contribution in [3.05, 3.63) is 27.0 Å². The molecule has 0 radical (unpaired) electrons. The van der Waals surface area contributed by atoms with E-state index < -0.39 is 5.97 Å². The van der Waals surface area contributed by atoms with E-state index >= 15 is 0 Å². The van der Waals surface area contributed by atoms with Gasteiger partial charge in [0.05, 0.1) is 22.3 Å². The molecule has 0 fully saturated rings. The minimum Gasteiger partial charge on any atom is -0.468 e. The van der Waals surface area contributed by atoms with Gasteiger partial charge in [0, 0.05) is 11.4 Å². The van der Waals surface area contributed by atoms with Gasteiger partial charge in [-0.05, 0) is 18.6 Å². The van der Waals surface area contributed by atoms with Gasteiger partial charge in [-0.2, -0.15) is 4.99 Å². The highest BCUT2D eigenvalue weighted by molar-refractivity contribution is 7.16. The number of aromatic nitrogens is 1. The maximum atomic E-state index is 11.8. The Kier molecular flexibility index (Phi) is 5.61. The van der Waals surface area contributed by atoms with Crippen molar-refractivity contribution in [3.8, 4) is 0 Å². The number of benzene rings is 1. The van der Waals surface area contributed by atoms with Crippen LogP contribution in [0.15, 0.2) is 17.1 Å². The maximum Gasteiger partial charge on any atom is 0.325 e. The standard InChI is InChI=1S/C14H14Cl2N2O3S/c1-3-4-11(19)17-14-18(7-12(20)21-2)13-9(16)5-8(15)6-10(13)22-14/h5-6H,3-4,7H2,1-2H3. The smallest absolute Gasteiger partial charge is 0.325 e. The number of rotatable bonds is 4. The Morgan fingerprint density at radius 3 is 2.73 bits per heavy atom. The molecule has 0 unspecified atom stereocenters. The van der Waals surface area contributed by atoms with Crippen molar-refractivity contribution < 1.29 is 14.3 Å². The van der Waals surface area contributed by atoms with E-state index in [1.165, 1.54) is 18.4 Å². The number of nitrogens with zero attached hydrogens (tertiary/aromatic N) is 2. The first-order valence-corrected chi connectivity index (χ1v) is 8.16. The van der Waals surface area contributed by atoms with E-state index in [2.05, 4.69) is 4.99 Å². The monoisotopic (exact) mass is 360 g/mol. The molecule has 1 heterocycles. The van der Waals surface area contributed by atoms with Crippen molar-refractivity contribution in [2.75, 3.05) is 7.11 Å². The molecule has 8 heteroatoms. The fraction of sp³-hybridized carbons (Fsp3) is 0.357. The van der Waals surface area contributed by atoms with Gasteiger partial charge in [0.1, 0.15) is 6.54 Å². The van der Waals surface area contributed by atoms with Crippen molar-refractivity contribution in [2.24, 2.45) is 4.99 Å². The summed E-state index contributed by atoms with van der Waals surface area (Å²) in [6, 6.07) is 3.31. The molecule has 1 aromatic heterocycles. The molecule has 1 aromatic carbocycles. The second-order valence-electron chi connectivity index (χ2n) is 4.54. The molecule has 1 amide bonds. The van der Waals surface area contributed by atoms with Crippen LogP contribution in [-0.2, 0) is 20.9 Å². The van der Waals surface area contributed by atoms with Gasteiger partial charge in [0.15, 0.2) is 4.80 Å². The van der Waals surface area contributed by atoms with Gasteiger partial charge in [-0.15, -0.1) is 0 Å². The predicted molar refractivity (Wildman–Crippen MR) is 87.3 cm³/mol. The first kappa shape index (κ1) is 17.0. The van der Waals surface area contributed by atoms with Crippen LogP contribution in [0.2, 0.25) is 10.0 Å². The van der Waals surface area contributed by atoms with Gasteiger partial charge in [0.25, 0.3) is 0 Å². The highest BCUT2D eigenvalue weighted by Crippen LogP contribution is 2.29. The lowest BCUT2D eigenvalue weighted by atomic mass is 10.3. The normalized spacial score (nSPS) is 11.9. The largest absolute Gasteiger partial charge is 0.468 e. The molecule has 0 aliphatic heterocycles. The van der Waals surface area contributed by atoms with E-state index in [0.29, 0.717) is 33.2 Å². The number of carbonyl (C=O) groups excluding carboxylic acids is 2. The van der Waals surface area contributed by atoms with Gasteiger partial charge in [0.2, 0.25) is 5.91 Å². The molecule has 0 saturated carbocycles. The van der Waals surface area contributed by atoms with E-state index in [9.17, 15) is 9.59 Å². The molecule has 2 rings (SSSR count). The molecule has 0 spiro atoms. The van der Waals surface area contributed by atoms with Crippen LogP contribution >= 0.6 is 34.5 Å². The summed E-state index contributed by atoms with van der Waals surface area (Å²) in [6.07, 6.45) is 1.05. The third-order valence-corrected chi connectivity index (χ3v) is 4.43. The number of amides is 1. The number of ether oxygens (including phenoxy) is 1. The summed E-state index contributed by atoms with van der Waals surface area (Å²) < 4.78 is 7.03. The number of hydrogen-bond donors (Lipinski definition) is 0. The van der Waals surface area contributed by atoms with Crippen molar-refractivity contribution in [2.45, 2.75) is 26.3 Å². The lowest BCUT2D eigenvalue weighted by Gasteiger charge is -2.05. The quantitative estimate of drug-likeness (QED) is 0.784. The zero-order valence-corrected chi connectivity index (χ0v) is 14.4. The highest BCUT2D eigenvalue weighted by atomic mass is 35.5. The number of hydrogen-bond acceptors (Lipinski definition) is 4. The second kappa shape index (κ2) is 7.26. The number of thiazole rings is 1. The molecule has 0 N–H and O–H groups in total. The summed E-state index contributed by atoms with van der Waals surface area (Å²) in [4.78, 5) is 27.9. The molecule has 0 aliphatic rings. The van der Waals surface area contributed by atoms with Gasteiger partial charge in [-0.1, -0.05) is 41.5 Å². The lowest BCUT2D eigenvalue weighted by molar-refractivity contribution is -0.141. The molecule has 2 aromatic rings. The van der Waals surface area contributed by atoms with E-state index in [0.717, 1.165) is 4.70 Å². The van der Waals surface area contributed by atoms with Gasteiger partial charge in [-0.25, -0.2) is 0 Å². The van der Waals surface area contributed by atoms with Crippen molar-refractivity contribution in [1.82, 2.24) is 4.57 Å². The Labute approximate surface area is 141 Å². The Bertz CT molecular complexity index is 795. The van der Waals surface area contributed by atoms with Crippen LogP contribution in [0.4, 0.5) is 0 Å². The molecular formula is C14H14Cl2N2O3S. The van der Waals surface area contributed by atoms with Gasteiger partial charge >= 0.3 is 5.97 Å². The zero-order chi connectivity index (χ0) is 16.3. The van der Waals surface area contributed by atoms with Crippen molar-refractivity contribution in [1.29, 1.82) is 0 Å². The predicted octanol–water partition coefficient (Wildman–Crippen LogP) is 3.41. The van der Waals surface area contributed by atoms with E-state index in [1.807, 2.05) is 6.92 Å². The van der Waals surface area contributed by atoms with Crippen LogP contribution in [0.5, 0.6) is 0 Å². The van der Waals surface area contributed by atoms with E-state index in [1.54, 1.807) is 16.7 Å². The first-order valence-electron chi connectivity index (χ1n) is 6.59. The summed E-state index contributed by atoms with van der Waals surface area (Å²) in [6.45, 7) is 1.83. The van der Waals surface area contributed by atoms with E-state index in [-0.39, 0.29) is 12.5 Å². The number of esters is 1. The number of methoxy groups -OCH3 is 1. The Morgan fingerprint density at radius 2 is 2.09 bits per heavy atom. The second-order valence-corrected chi connectivity index (χ2v) is 6.39. The minimum absolute atomic E-state index is 0.0733. The van der Waals surface area contributed by atoms with Crippen LogP contribution in [0.25, 0.3) is 10.2 Å². The van der Waals surface area contributed by atoms with Crippen LogP contribution in [0, 0.1) is 0 Å². The molecule has 0 saturated heterocycles. The zero-order valence-electron chi connectivity index (χ0n) is 12.1. The Balaban J connectivity index is 2.68. The third-order valence-electron chi connectivity index (χ3n) is 2.89. The summed E-state index contributed by atoms with van der Waals surface area (Å²) in [5, 5.41) is 0.877. The maximum absolute atomic E-state index is 11.8. The van der Waals surface area contributed by atoms with Crippen LogP contribution in [0.3, 0.4) is 0 Å². The molecule has 0 atom stereocenters. The van der Waals surface area contributed by atoms with Crippen LogP contribution < -0.4 is 4.80 Å². The van der Waals surface area contributed by atoms with Crippen LogP contribution in [-0.4, -0.2) is 23.6 Å². The number of halogens is 2. The highest BCUT2D eigenvalue weighted by Gasteiger charge is 2.15. The van der Waals surface area contributed by atoms with Crippen molar-refractivity contribution >= 4 is 56.6 Å². The molecule has 0 aliphatic carbocycles. The summed E-state index contributed by atoms with van der Waals surface area (Å²) in [7, 11) is 1.30. The van der Waals surface area contributed by atoms with E-state index in [4.69, 9.17) is 27.9 Å². The van der Waals surface area contributed by atoms with Gasteiger partial charge < -0.3 is 9.30 Å². The molecule has 0 bridgehead atoms. The molecule has 22 heavy (non-hydrogen) atoms. The average Bonchev–Trinajstić information content (AvgIpc) is 2.76. The minimum atomic E-state index is -0.449. The average molecular weight is 361 g/mol. The topological polar surface area (TPSA) is 60.7 Å². The number of fused-ring (bicyclic) bond motifs is 1. The fourth-order valence-electron chi connectivity index (χ4n) is 1.93. The van der Waals surface area contributed by atoms with Gasteiger partial charge in [-0.3, -0.25) is 9.59 Å². The Hall–Kier alpha value is -1.37. The molecule has 5 nitrogen and oxygen atoms in total. The summed E-state index contributed by atoms with van der Waals surface area (Å²) in [5.74, 6) is -0.690.